The number of nitrogens with one attached hydrogen (secondary N) is 1. The molecule has 0 aliphatic rings. The van der Waals surface area contributed by atoms with Crippen molar-refractivity contribution in [3.63, 3.8) is 0 Å². The molecule has 1 unspecified atom stereocenters. The van der Waals surface area contributed by atoms with E-state index in [4.69, 9.17) is 0 Å². The Morgan fingerprint density at radius 3 is 2.50 bits per heavy atom. The fourth-order valence-corrected chi connectivity index (χ4v) is 3.30. The van der Waals surface area contributed by atoms with E-state index in [1.807, 2.05) is 68.4 Å². The summed E-state index contributed by atoms with van der Waals surface area (Å²) in [5.74, 6) is -0.321. The second kappa shape index (κ2) is 7.91. The highest BCUT2D eigenvalue weighted by atomic mass is 16.2. The molecule has 1 amide bonds. The summed E-state index contributed by atoms with van der Waals surface area (Å²) in [7, 11) is 0. The number of hydrogen-bond donors (Lipinski definition) is 1. The minimum absolute atomic E-state index is 0.321. The van der Waals surface area contributed by atoms with Gasteiger partial charge in [-0.2, -0.15) is 5.10 Å². The van der Waals surface area contributed by atoms with E-state index in [0.29, 0.717) is 11.4 Å². The molecule has 0 saturated heterocycles. The molecule has 6 heteroatoms. The summed E-state index contributed by atoms with van der Waals surface area (Å²) in [5, 5.41) is 8.20. The number of pyridine rings is 1. The highest BCUT2D eigenvalue weighted by Crippen LogP contribution is 2.23. The SMILES string of the molecule is Cc1ccc(-c2ccc(=O)n(C(C)C(=O)Nc3cccc4nc(C)ccc34)n2)cc1. The zero-order valence-electron chi connectivity index (χ0n) is 17.1. The van der Waals surface area contributed by atoms with E-state index >= 15 is 0 Å². The Hall–Kier alpha value is -3.80. The molecular formula is C24H22N4O2. The molecule has 0 aliphatic heterocycles. The van der Waals surface area contributed by atoms with Gasteiger partial charge in [0.25, 0.3) is 5.56 Å². The van der Waals surface area contributed by atoms with Gasteiger partial charge in [-0.05, 0) is 51.1 Å². The minimum Gasteiger partial charge on any atom is -0.324 e. The topological polar surface area (TPSA) is 76.9 Å². The van der Waals surface area contributed by atoms with Crippen molar-refractivity contribution in [1.82, 2.24) is 14.8 Å². The van der Waals surface area contributed by atoms with Crippen molar-refractivity contribution in [2.75, 3.05) is 5.32 Å². The fourth-order valence-electron chi connectivity index (χ4n) is 3.30. The summed E-state index contributed by atoms with van der Waals surface area (Å²) in [4.78, 5) is 29.8. The van der Waals surface area contributed by atoms with Crippen LogP contribution in [0.5, 0.6) is 0 Å². The van der Waals surface area contributed by atoms with Crippen molar-refractivity contribution in [2.45, 2.75) is 26.8 Å². The molecule has 0 radical (unpaired) electrons. The number of amides is 1. The third kappa shape index (κ3) is 3.85. The van der Waals surface area contributed by atoms with Gasteiger partial charge >= 0.3 is 0 Å². The van der Waals surface area contributed by atoms with E-state index in [-0.39, 0.29) is 11.5 Å². The molecule has 6 nitrogen and oxygen atoms in total. The molecule has 1 atom stereocenters. The zero-order valence-corrected chi connectivity index (χ0v) is 17.1. The Kier molecular flexibility index (Phi) is 5.14. The molecule has 1 N–H and O–H groups in total. The highest BCUT2D eigenvalue weighted by Gasteiger charge is 2.19. The van der Waals surface area contributed by atoms with Gasteiger partial charge in [-0.3, -0.25) is 14.6 Å². The van der Waals surface area contributed by atoms with E-state index in [1.165, 1.54) is 10.7 Å². The smallest absolute Gasteiger partial charge is 0.267 e. The van der Waals surface area contributed by atoms with Gasteiger partial charge in [-0.1, -0.05) is 35.9 Å². The van der Waals surface area contributed by atoms with E-state index in [1.54, 1.807) is 13.0 Å². The van der Waals surface area contributed by atoms with Crippen LogP contribution in [0.25, 0.3) is 22.2 Å². The van der Waals surface area contributed by atoms with Gasteiger partial charge in [0.1, 0.15) is 6.04 Å². The Bertz CT molecular complexity index is 1290. The van der Waals surface area contributed by atoms with Crippen LogP contribution >= 0.6 is 0 Å². The number of carbonyl (C=O) groups excluding carboxylic acids is 1. The van der Waals surface area contributed by atoms with Gasteiger partial charge in [0.2, 0.25) is 5.91 Å². The lowest BCUT2D eigenvalue weighted by atomic mass is 10.1. The summed E-state index contributed by atoms with van der Waals surface area (Å²) in [6.45, 7) is 5.59. The van der Waals surface area contributed by atoms with E-state index in [2.05, 4.69) is 15.4 Å². The lowest BCUT2D eigenvalue weighted by molar-refractivity contribution is -0.119. The maximum Gasteiger partial charge on any atom is 0.267 e. The number of benzene rings is 2. The number of carbonyl (C=O) groups is 1. The molecule has 2 heterocycles. The summed E-state index contributed by atoms with van der Waals surface area (Å²) in [6, 6.07) is 19.6. The number of aryl methyl sites for hydroxylation is 2. The lowest BCUT2D eigenvalue weighted by Gasteiger charge is -2.16. The van der Waals surface area contributed by atoms with Crippen LogP contribution in [-0.2, 0) is 4.79 Å². The van der Waals surface area contributed by atoms with Crippen LogP contribution in [0.3, 0.4) is 0 Å². The highest BCUT2D eigenvalue weighted by molar-refractivity contribution is 6.02. The average molecular weight is 398 g/mol. The van der Waals surface area contributed by atoms with Crippen molar-refractivity contribution in [3.05, 3.63) is 88.3 Å². The van der Waals surface area contributed by atoms with Gasteiger partial charge < -0.3 is 5.32 Å². The van der Waals surface area contributed by atoms with Crippen molar-refractivity contribution in [3.8, 4) is 11.3 Å². The number of aromatic nitrogens is 3. The molecule has 0 spiro atoms. The summed E-state index contributed by atoms with van der Waals surface area (Å²) in [5.41, 5.74) is 4.69. The number of hydrogen-bond acceptors (Lipinski definition) is 4. The quantitative estimate of drug-likeness (QED) is 0.557. The summed E-state index contributed by atoms with van der Waals surface area (Å²) >= 11 is 0. The van der Waals surface area contributed by atoms with E-state index in [9.17, 15) is 9.59 Å². The third-order valence-electron chi connectivity index (χ3n) is 5.05. The lowest BCUT2D eigenvalue weighted by Crippen LogP contribution is -2.33. The van der Waals surface area contributed by atoms with Crippen LogP contribution < -0.4 is 10.9 Å². The molecule has 150 valence electrons. The van der Waals surface area contributed by atoms with Crippen LogP contribution in [-0.4, -0.2) is 20.7 Å². The van der Waals surface area contributed by atoms with Crippen LogP contribution in [0.2, 0.25) is 0 Å². The van der Waals surface area contributed by atoms with Gasteiger partial charge in [-0.25, -0.2) is 4.68 Å². The maximum atomic E-state index is 12.9. The van der Waals surface area contributed by atoms with Gasteiger partial charge in [0, 0.05) is 22.7 Å². The second-order valence-electron chi connectivity index (χ2n) is 7.36. The molecule has 30 heavy (non-hydrogen) atoms. The number of rotatable bonds is 4. The van der Waals surface area contributed by atoms with Gasteiger partial charge in [-0.15, -0.1) is 0 Å². The molecule has 0 aliphatic carbocycles. The number of fused-ring (bicyclic) bond motifs is 1. The second-order valence-corrected chi connectivity index (χ2v) is 7.36. The molecular weight excluding hydrogens is 376 g/mol. The van der Waals surface area contributed by atoms with Gasteiger partial charge in [0.15, 0.2) is 0 Å². The van der Waals surface area contributed by atoms with Gasteiger partial charge in [0.05, 0.1) is 16.9 Å². The molecule has 0 saturated carbocycles. The largest absolute Gasteiger partial charge is 0.324 e. The predicted molar refractivity (Wildman–Crippen MR) is 118 cm³/mol. The molecule has 4 aromatic rings. The van der Waals surface area contributed by atoms with Crippen molar-refractivity contribution >= 4 is 22.5 Å². The van der Waals surface area contributed by atoms with E-state index in [0.717, 1.165) is 27.7 Å². The molecule has 2 aromatic heterocycles. The van der Waals surface area contributed by atoms with E-state index < -0.39 is 6.04 Å². The first kappa shape index (κ1) is 19.5. The Balaban J connectivity index is 1.64. The van der Waals surface area contributed by atoms with Crippen molar-refractivity contribution < 1.29 is 4.79 Å². The normalized spacial score (nSPS) is 12.0. The minimum atomic E-state index is -0.781. The average Bonchev–Trinajstić information content (AvgIpc) is 2.74. The van der Waals surface area contributed by atoms with Crippen LogP contribution in [0.4, 0.5) is 5.69 Å². The first-order valence-corrected chi connectivity index (χ1v) is 9.76. The molecule has 0 fully saturated rings. The Morgan fingerprint density at radius 1 is 0.967 bits per heavy atom. The molecule has 2 aromatic carbocycles. The monoisotopic (exact) mass is 398 g/mol. The number of anilines is 1. The molecule has 0 bridgehead atoms. The molecule has 4 rings (SSSR count). The first-order chi connectivity index (χ1) is 14.4. The Morgan fingerprint density at radius 2 is 1.73 bits per heavy atom. The van der Waals surface area contributed by atoms with Crippen LogP contribution in [0.15, 0.2) is 71.5 Å². The number of nitrogens with zero attached hydrogens (tertiary/aromatic N) is 3. The van der Waals surface area contributed by atoms with Crippen molar-refractivity contribution in [2.24, 2.45) is 0 Å². The standard InChI is InChI=1S/C24H22N4O2/c1-15-7-10-18(11-8-15)20-13-14-23(29)28(27-20)17(3)24(30)26-22-6-4-5-21-19(22)12-9-16(2)25-21/h4-14,17H,1-3H3,(H,26,30). The van der Waals surface area contributed by atoms with Crippen LogP contribution in [0.1, 0.15) is 24.2 Å². The van der Waals surface area contributed by atoms with Crippen LogP contribution in [0, 0.1) is 13.8 Å². The Labute approximate surface area is 174 Å². The fraction of sp³-hybridized carbons (Fsp3) is 0.167. The van der Waals surface area contributed by atoms with Crippen molar-refractivity contribution in [1.29, 1.82) is 0 Å². The predicted octanol–water partition coefficient (Wildman–Crippen LogP) is 4.28. The third-order valence-corrected chi connectivity index (χ3v) is 5.05. The first-order valence-electron chi connectivity index (χ1n) is 9.76. The zero-order chi connectivity index (χ0) is 21.3. The summed E-state index contributed by atoms with van der Waals surface area (Å²) in [6.07, 6.45) is 0. The maximum absolute atomic E-state index is 12.9. The summed E-state index contributed by atoms with van der Waals surface area (Å²) < 4.78 is 1.22.